The molecular formula is C24H24N6O. The van der Waals surface area contributed by atoms with Crippen LogP contribution in [-0.4, -0.2) is 33.8 Å². The summed E-state index contributed by atoms with van der Waals surface area (Å²) >= 11 is 0. The molecule has 1 atom stereocenters. The van der Waals surface area contributed by atoms with Gasteiger partial charge in [0.05, 0.1) is 16.9 Å². The number of nitrogen functional groups attached to an aromatic ring is 1. The van der Waals surface area contributed by atoms with Crippen LogP contribution in [0.4, 0.5) is 11.5 Å². The maximum absolute atomic E-state index is 12.6. The van der Waals surface area contributed by atoms with Gasteiger partial charge in [-0.2, -0.15) is 5.10 Å². The molecule has 0 spiro atoms. The van der Waals surface area contributed by atoms with E-state index >= 15 is 0 Å². The Bertz CT molecular complexity index is 1210. The standard InChI is InChI=1S/C24H24N6O/c25-23-21-20(12-14-27-23)30(19-7-4-13-26-15-19)29-22(21)16-8-10-17(11-9-16)24(31)28-18-5-2-1-3-6-18/h1-3,5-6,8-12,14,19,26H,4,7,13,15H2,(H2,25,27)(H,28,31)/t19-/m1/s1. The molecule has 31 heavy (non-hydrogen) atoms. The van der Waals surface area contributed by atoms with E-state index in [2.05, 4.69) is 20.3 Å². The molecule has 3 heterocycles. The number of amides is 1. The van der Waals surface area contributed by atoms with E-state index in [4.69, 9.17) is 10.8 Å². The number of carbonyl (C=O) groups is 1. The number of aromatic nitrogens is 3. The molecule has 0 aliphatic carbocycles. The SMILES string of the molecule is Nc1nccc2c1c(-c1ccc(C(=O)Nc3ccccc3)cc1)nn2[C@@H]1CCCNC1. The monoisotopic (exact) mass is 412 g/mol. The van der Waals surface area contributed by atoms with E-state index in [-0.39, 0.29) is 11.9 Å². The molecule has 1 fully saturated rings. The number of carbonyl (C=O) groups excluding carboxylic acids is 1. The Labute approximate surface area is 180 Å². The fraction of sp³-hybridized carbons (Fsp3) is 0.208. The smallest absolute Gasteiger partial charge is 0.255 e. The summed E-state index contributed by atoms with van der Waals surface area (Å²) in [4.78, 5) is 16.9. The maximum Gasteiger partial charge on any atom is 0.255 e. The second-order valence-corrected chi connectivity index (χ2v) is 7.78. The van der Waals surface area contributed by atoms with Crippen molar-refractivity contribution in [2.45, 2.75) is 18.9 Å². The Hall–Kier alpha value is -3.71. The first-order valence-corrected chi connectivity index (χ1v) is 10.5. The van der Waals surface area contributed by atoms with Gasteiger partial charge in [0.15, 0.2) is 0 Å². The highest BCUT2D eigenvalue weighted by Gasteiger charge is 2.22. The molecule has 7 nitrogen and oxygen atoms in total. The number of hydrogen-bond acceptors (Lipinski definition) is 5. The number of nitrogens with two attached hydrogens (primary N) is 1. The van der Waals surface area contributed by atoms with Gasteiger partial charge in [-0.3, -0.25) is 9.48 Å². The Kier molecular flexibility index (Phi) is 5.09. The van der Waals surface area contributed by atoms with E-state index in [9.17, 15) is 4.79 Å². The van der Waals surface area contributed by atoms with E-state index in [1.54, 1.807) is 6.20 Å². The third-order valence-corrected chi connectivity index (χ3v) is 5.72. The lowest BCUT2D eigenvalue weighted by molar-refractivity contribution is 0.102. The van der Waals surface area contributed by atoms with Gasteiger partial charge in [-0.05, 0) is 49.7 Å². The first kappa shape index (κ1) is 19.3. The predicted octanol–water partition coefficient (Wildman–Crippen LogP) is 3.86. The molecule has 0 radical (unpaired) electrons. The summed E-state index contributed by atoms with van der Waals surface area (Å²) in [5, 5.41) is 12.2. The number of fused-ring (bicyclic) bond motifs is 1. The number of rotatable bonds is 4. The topological polar surface area (TPSA) is 97.9 Å². The van der Waals surface area contributed by atoms with Crippen LogP contribution in [0.25, 0.3) is 22.2 Å². The molecule has 4 N–H and O–H groups in total. The van der Waals surface area contributed by atoms with Crippen LogP contribution in [-0.2, 0) is 0 Å². The minimum atomic E-state index is -0.150. The van der Waals surface area contributed by atoms with Gasteiger partial charge in [0.2, 0.25) is 0 Å². The molecular weight excluding hydrogens is 388 g/mol. The second-order valence-electron chi connectivity index (χ2n) is 7.78. The minimum Gasteiger partial charge on any atom is -0.383 e. The highest BCUT2D eigenvalue weighted by atomic mass is 16.1. The van der Waals surface area contributed by atoms with Gasteiger partial charge in [0.25, 0.3) is 5.91 Å². The van der Waals surface area contributed by atoms with Crippen molar-refractivity contribution >= 4 is 28.3 Å². The Morgan fingerprint density at radius 3 is 2.65 bits per heavy atom. The Balaban J connectivity index is 1.48. The molecule has 7 heteroatoms. The average Bonchev–Trinajstić information content (AvgIpc) is 3.21. The van der Waals surface area contributed by atoms with Crippen molar-refractivity contribution in [2.75, 3.05) is 24.1 Å². The molecule has 2 aromatic heterocycles. The lowest BCUT2D eigenvalue weighted by atomic mass is 10.1. The zero-order chi connectivity index (χ0) is 21.2. The third-order valence-electron chi connectivity index (χ3n) is 5.72. The first-order chi connectivity index (χ1) is 15.2. The molecule has 156 valence electrons. The average molecular weight is 412 g/mol. The summed E-state index contributed by atoms with van der Waals surface area (Å²) in [6, 6.07) is 19.1. The number of piperidine rings is 1. The van der Waals surface area contributed by atoms with Crippen molar-refractivity contribution in [1.82, 2.24) is 20.1 Å². The summed E-state index contributed by atoms with van der Waals surface area (Å²) in [5.41, 5.74) is 10.3. The van der Waals surface area contributed by atoms with Gasteiger partial charge in [0, 0.05) is 29.6 Å². The fourth-order valence-corrected chi connectivity index (χ4v) is 4.14. The summed E-state index contributed by atoms with van der Waals surface area (Å²) in [6.45, 7) is 1.93. The van der Waals surface area contributed by atoms with Gasteiger partial charge < -0.3 is 16.4 Å². The van der Waals surface area contributed by atoms with E-state index < -0.39 is 0 Å². The number of hydrogen-bond donors (Lipinski definition) is 3. The van der Waals surface area contributed by atoms with Crippen LogP contribution in [0, 0.1) is 0 Å². The molecule has 0 saturated carbocycles. The summed E-state index contributed by atoms with van der Waals surface area (Å²) in [5.74, 6) is 0.316. The molecule has 1 amide bonds. The zero-order valence-corrected chi connectivity index (χ0v) is 17.1. The maximum atomic E-state index is 12.6. The van der Waals surface area contributed by atoms with Crippen molar-refractivity contribution in [3.8, 4) is 11.3 Å². The number of nitrogens with zero attached hydrogens (tertiary/aromatic N) is 3. The fourth-order valence-electron chi connectivity index (χ4n) is 4.14. The molecule has 5 rings (SSSR count). The van der Waals surface area contributed by atoms with E-state index in [0.717, 1.165) is 53.8 Å². The molecule has 1 aliphatic heterocycles. The second kappa shape index (κ2) is 8.20. The van der Waals surface area contributed by atoms with Crippen LogP contribution in [0.2, 0.25) is 0 Å². The predicted molar refractivity (Wildman–Crippen MR) is 123 cm³/mol. The van der Waals surface area contributed by atoms with Crippen molar-refractivity contribution < 1.29 is 4.79 Å². The van der Waals surface area contributed by atoms with E-state index in [0.29, 0.717) is 11.4 Å². The van der Waals surface area contributed by atoms with Crippen LogP contribution in [0.1, 0.15) is 29.2 Å². The molecule has 2 aromatic carbocycles. The zero-order valence-electron chi connectivity index (χ0n) is 17.1. The van der Waals surface area contributed by atoms with Crippen LogP contribution >= 0.6 is 0 Å². The van der Waals surface area contributed by atoms with Gasteiger partial charge in [-0.1, -0.05) is 30.3 Å². The van der Waals surface area contributed by atoms with E-state index in [1.807, 2.05) is 60.7 Å². The van der Waals surface area contributed by atoms with Crippen LogP contribution in [0.3, 0.4) is 0 Å². The highest BCUT2D eigenvalue weighted by molar-refractivity contribution is 6.05. The van der Waals surface area contributed by atoms with Gasteiger partial charge in [0.1, 0.15) is 11.5 Å². The number of benzene rings is 2. The molecule has 0 bridgehead atoms. The number of anilines is 2. The van der Waals surface area contributed by atoms with Crippen LogP contribution in [0.15, 0.2) is 66.9 Å². The normalized spacial score (nSPS) is 16.3. The van der Waals surface area contributed by atoms with Gasteiger partial charge in [-0.25, -0.2) is 4.98 Å². The lowest BCUT2D eigenvalue weighted by Crippen LogP contribution is -2.32. The van der Waals surface area contributed by atoms with E-state index in [1.165, 1.54) is 0 Å². The van der Waals surface area contributed by atoms with Crippen molar-refractivity contribution in [3.63, 3.8) is 0 Å². The molecule has 1 saturated heterocycles. The largest absolute Gasteiger partial charge is 0.383 e. The number of pyridine rings is 1. The summed E-state index contributed by atoms with van der Waals surface area (Å²) in [7, 11) is 0. The lowest BCUT2D eigenvalue weighted by Gasteiger charge is -2.23. The van der Waals surface area contributed by atoms with Crippen molar-refractivity contribution in [3.05, 3.63) is 72.4 Å². The van der Waals surface area contributed by atoms with Crippen molar-refractivity contribution in [1.29, 1.82) is 0 Å². The van der Waals surface area contributed by atoms with Crippen LogP contribution < -0.4 is 16.4 Å². The molecule has 1 aliphatic rings. The summed E-state index contributed by atoms with van der Waals surface area (Å²) in [6.07, 6.45) is 3.92. The Morgan fingerprint density at radius 2 is 1.90 bits per heavy atom. The quantitative estimate of drug-likeness (QED) is 0.473. The van der Waals surface area contributed by atoms with Crippen molar-refractivity contribution in [2.24, 2.45) is 0 Å². The van der Waals surface area contributed by atoms with Crippen LogP contribution in [0.5, 0.6) is 0 Å². The molecule has 0 unspecified atom stereocenters. The van der Waals surface area contributed by atoms with Gasteiger partial charge in [-0.15, -0.1) is 0 Å². The molecule has 4 aromatic rings. The Morgan fingerprint density at radius 1 is 1.10 bits per heavy atom. The number of para-hydroxylation sites is 1. The van der Waals surface area contributed by atoms with Gasteiger partial charge >= 0.3 is 0 Å². The summed E-state index contributed by atoms with van der Waals surface area (Å²) < 4.78 is 2.07. The third kappa shape index (κ3) is 3.75. The first-order valence-electron chi connectivity index (χ1n) is 10.5. The minimum absolute atomic E-state index is 0.150. The number of nitrogens with one attached hydrogen (secondary N) is 2. The highest BCUT2D eigenvalue weighted by Crippen LogP contribution is 2.34.